The Morgan fingerprint density at radius 3 is 2.62 bits per heavy atom. The molecule has 1 aliphatic carbocycles. The van der Waals surface area contributed by atoms with Crippen LogP contribution in [-0.4, -0.2) is 31.7 Å². The standard InChI is InChI=1S/C21H22N6O2/c1-13-17(19-23-10-11-29-19)25-20(22)27-18(13)24-16(26-27)12-14-4-6-15(7-5-14)21(28-2)8-3-9-21/h4-7,10-11H,3,8-9,12H2,1-2H3,(H2,22,25). The zero-order valence-corrected chi connectivity index (χ0v) is 16.4. The summed E-state index contributed by atoms with van der Waals surface area (Å²) in [4.78, 5) is 13.3. The molecule has 8 nitrogen and oxygen atoms in total. The minimum absolute atomic E-state index is 0.104. The van der Waals surface area contributed by atoms with Gasteiger partial charge in [0, 0.05) is 19.1 Å². The summed E-state index contributed by atoms with van der Waals surface area (Å²) in [6, 6.07) is 8.53. The lowest BCUT2D eigenvalue weighted by atomic mass is 9.74. The van der Waals surface area contributed by atoms with Crippen molar-refractivity contribution in [3.63, 3.8) is 0 Å². The number of anilines is 1. The van der Waals surface area contributed by atoms with Crippen molar-refractivity contribution in [3.8, 4) is 11.6 Å². The first-order valence-electron chi connectivity index (χ1n) is 9.66. The molecular weight excluding hydrogens is 368 g/mol. The molecule has 1 fully saturated rings. The van der Waals surface area contributed by atoms with E-state index in [1.807, 2.05) is 6.92 Å². The van der Waals surface area contributed by atoms with Crippen molar-refractivity contribution < 1.29 is 9.15 Å². The van der Waals surface area contributed by atoms with E-state index in [0.717, 1.165) is 24.0 Å². The number of ether oxygens (including phenoxy) is 1. The third-order valence-electron chi connectivity index (χ3n) is 5.81. The van der Waals surface area contributed by atoms with E-state index in [0.29, 0.717) is 29.5 Å². The maximum Gasteiger partial charge on any atom is 0.245 e. The maximum absolute atomic E-state index is 6.11. The Hall–Kier alpha value is -3.26. The SMILES string of the molecule is COC1(c2ccc(Cc3nc4c(C)c(-c5ncco5)nc(N)n4n3)cc2)CCC1. The van der Waals surface area contributed by atoms with Gasteiger partial charge in [0.25, 0.3) is 0 Å². The molecule has 0 atom stereocenters. The first kappa shape index (κ1) is 17.8. The highest BCUT2D eigenvalue weighted by atomic mass is 16.5. The number of aryl methyl sites for hydroxylation is 1. The Bertz CT molecular complexity index is 1150. The van der Waals surface area contributed by atoms with Crippen molar-refractivity contribution in [2.45, 2.75) is 38.2 Å². The van der Waals surface area contributed by atoms with E-state index in [2.05, 4.69) is 39.3 Å². The highest BCUT2D eigenvalue weighted by Crippen LogP contribution is 2.44. The number of methoxy groups -OCH3 is 1. The summed E-state index contributed by atoms with van der Waals surface area (Å²) in [6.45, 7) is 1.91. The van der Waals surface area contributed by atoms with Crippen molar-refractivity contribution in [3.05, 3.63) is 59.2 Å². The molecule has 0 radical (unpaired) electrons. The number of aromatic nitrogens is 5. The van der Waals surface area contributed by atoms with Gasteiger partial charge in [-0.3, -0.25) is 0 Å². The van der Waals surface area contributed by atoms with E-state index in [-0.39, 0.29) is 11.5 Å². The van der Waals surface area contributed by atoms with E-state index >= 15 is 0 Å². The van der Waals surface area contributed by atoms with Crippen LogP contribution in [0.5, 0.6) is 0 Å². The van der Waals surface area contributed by atoms with Crippen LogP contribution in [0.1, 0.15) is 41.8 Å². The summed E-state index contributed by atoms with van der Waals surface area (Å²) in [5.41, 5.74) is 10.4. The van der Waals surface area contributed by atoms with Crippen molar-refractivity contribution in [2.24, 2.45) is 0 Å². The van der Waals surface area contributed by atoms with Gasteiger partial charge in [-0.05, 0) is 37.3 Å². The maximum atomic E-state index is 6.11. The summed E-state index contributed by atoms with van der Waals surface area (Å²) < 4.78 is 12.7. The van der Waals surface area contributed by atoms with Crippen molar-refractivity contribution in [1.82, 2.24) is 24.6 Å². The van der Waals surface area contributed by atoms with Crippen molar-refractivity contribution in [1.29, 1.82) is 0 Å². The molecule has 2 N–H and O–H groups in total. The summed E-state index contributed by atoms with van der Waals surface area (Å²) in [5.74, 6) is 1.35. The predicted octanol–water partition coefficient (Wildman–Crippen LogP) is 3.29. The van der Waals surface area contributed by atoms with Crippen LogP contribution in [-0.2, 0) is 16.8 Å². The lowest BCUT2D eigenvalue weighted by molar-refractivity contribution is -0.0778. The first-order chi connectivity index (χ1) is 14.1. The Morgan fingerprint density at radius 2 is 2.00 bits per heavy atom. The van der Waals surface area contributed by atoms with Gasteiger partial charge in [-0.1, -0.05) is 24.3 Å². The summed E-state index contributed by atoms with van der Waals surface area (Å²) in [5, 5.41) is 4.55. The number of fused-ring (bicyclic) bond motifs is 1. The third-order valence-corrected chi connectivity index (χ3v) is 5.81. The summed E-state index contributed by atoms with van der Waals surface area (Å²) >= 11 is 0. The zero-order valence-electron chi connectivity index (χ0n) is 16.4. The van der Waals surface area contributed by atoms with Gasteiger partial charge < -0.3 is 14.9 Å². The molecule has 29 heavy (non-hydrogen) atoms. The van der Waals surface area contributed by atoms with E-state index < -0.39 is 0 Å². The molecule has 1 aliphatic rings. The predicted molar refractivity (Wildman–Crippen MR) is 107 cm³/mol. The number of nitrogen functional groups attached to an aromatic ring is 1. The Labute approximate surface area is 167 Å². The fourth-order valence-corrected chi connectivity index (χ4v) is 3.95. The molecule has 0 amide bonds. The number of rotatable bonds is 5. The average molecular weight is 390 g/mol. The molecule has 3 heterocycles. The molecule has 0 aliphatic heterocycles. The summed E-state index contributed by atoms with van der Waals surface area (Å²) in [7, 11) is 1.79. The number of benzene rings is 1. The van der Waals surface area contributed by atoms with E-state index in [1.165, 1.54) is 18.2 Å². The molecule has 5 rings (SSSR count). The summed E-state index contributed by atoms with van der Waals surface area (Å²) in [6.07, 6.45) is 7.06. The number of hydrogen-bond donors (Lipinski definition) is 1. The lowest BCUT2D eigenvalue weighted by Crippen LogP contribution is -2.35. The minimum atomic E-state index is -0.104. The molecule has 0 unspecified atom stereocenters. The van der Waals surface area contributed by atoms with Gasteiger partial charge in [0.05, 0.1) is 11.8 Å². The van der Waals surface area contributed by atoms with Gasteiger partial charge in [0.1, 0.15) is 12.0 Å². The second-order valence-electron chi connectivity index (χ2n) is 7.47. The molecule has 8 heteroatoms. The monoisotopic (exact) mass is 390 g/mol. The molecule has 4 aromatic rings. The minimum Gasteiger partial charge on any atom is -0.443 e. The second-order valence-corrected chi connectivity index (χ2v) is 7.47. The van der Waals surface area contributed by atoms with Gasteiger partial charge in [0.15, 0.2) is 11.5 Å². The van der Waals surface area contributed by atoms with Crippen LogP contribution in [0.15, 0.2) is 41.1 Å². The number of nitrogens with two attached hydrogens (primary N) is 1. The fraction of sp³-hybridized carbons (Fsp3) is 0.333. The molecule has 0 spiro atoms. The third kappa shape index (κ3) is 2.87. The largest absolute Gasteiger partial charge is 0.443 e. The van der Waals surface area contributed by atoms with E-state index in [1.54, 1.807) is 17.8 Å². The number of hydrogen-bond acceptors (Lipinski definition) is 7. The molecular formula is C21H22N6O2. The quantitative estimate of drug-likeness (QED) is 0.557. The van der Waals surface area contributed by atoms with E-state index in [9.17, 15) is 0 Å². The van der Waals surface area contributed by atoms with Gasteiger partial charge in [-0.2, -0.15) is 4.52 Å². The van der Waals surface area contributed by atoms with Gasteiger partial charge in [0.2, 0.25) is 11.8 Å². The van der Waals surface area contributed by atoms with Gasteiger partial charge in [-0.25, -0.2) is 15.0 Å². The second kappa shape index (κ2) is 6.66. The van der Waals surface area contributed by atoms with Crippen molar-refractivity contribution in [2.75, 3.05) is 12.8 Å². The zero-order chi connectivity index (χ0) is 20.0. The van der Waals surface area contributed by atoms with Crippen LogP contribution in [0.2, 0.25) is 0 Å². The highest BCUT2D eigenvalue weighted by Gasteiger charge is 2.38. The molecule has 3 aromatic heterocycles. The Morgan fingerprint density at radius 1 is 1.21 bits per heavy atom. The topological polar surface area (TPSA) is 104 Å². The van der Waals surface area contributed by atoms with Crippen LogP contribution < -0.4 is 5.73 Å². The first-order valence-corrected chi connectivity index (χ1v) is 9.66. The smallest absolute Gasteiger partial charge is 0.245 e. The van der Waals surface area contributed by atoms with Crippen LogP contribution in [0, 0.1) is 6.92 Å². The van der Waals surface area contributed by atoms with Crippen molar-refractivity contribution >= 4 is 11.6 Å². The van der Waals surface area contributed by atoms with Crippen LogP contribution in [0.4, 0.5) is 5.95 Å². The number of oxazole rings is 1. The molecule has 0 saturated heterocycles. The fourth-order valence-electron chi connectivity index (χ4n) is 3.95. The average Bonchev–Trinajstić information content (AvgIpc) is 3.36. The Kier molecular flexibility index (Phi) is 4.09. The Balaban J connectivity index is 1.45. The van der Waals surface area contributed by atoms with Crippen LogP contribution in [0.25, 0.3) is 17.2 Å². The molecule has 148 valence electrons. The van der Waals surface area contributed by atoms with E-state index in [4.69, 9.17) is 19.9 Å². The molecule has 0 bridgehead atoms. The van der Waals surface area contributed by atoms with Crippen LogP contribution >= 0.6 is 0 Å². The molecule has 1 aromatic carbocycles. The normalized spacial score (nSPS) is 15.5. The number of nitrogens with zero attached hydrogens (tertiary/aromatic N) is 5. The van der Waals surface area contributed by atoms with Crippen LogP contribution in [0.3, 0.4) is 0 Å². The highest BCUT2D eigenvalue weighted by molar-refractivity contribution is 5.65. The molecule has 1 saturated carbocycles. The van der Waals surface area contributed by atoms with Gasteiger partial charge >= 0.3 is 0 Å². The van der Waals surface area contributed by atoms with Gasteiger partial charge in [-0.15, -0.1) is 5.10 Å². The lowest BCUT2D eigenvalue weighted by Gasteiger charge is -2.41.